The van der Waals surface area contributed by atoms with Gasteiger partial charge in [-0.05, 0) is 30.6 Å². The smallest absolute Gasteiger partial charge is 0.0750 e. The Kier molecular flexibility index (Phi) is 3.36. The molecule has 1 saturated heterocycles. The average Bonchev–Trinajstić information content (AvgIpc) is 2.27. The molecule has 2 rings (SSSR count). The lowest BCUT2D eigenvalue weighted by molar-refractivity contribution is -0.127. The lowest BCUT2D eigenvalue weighted by Gasteiger charge is -2.49. The van der Waals surface area contributed by atoms with Gasteiger partial charge in [0.1, 0.15) is 0 Å². The maximum Gasteiger partial charge on any atom is 0.0750 e. The van der Waals surface area contributed by atoms with Crippen LogP contribution in [0.4, 0.5) is 0 Å². The van der Waals surface area contributed by atoms with Crippen LogP contribution in [0.25, 0.3) is 0 Å². The van der Waals surface area contributed by atoms with Gasteiger partial charge in [-0.15, -0.1) is 0 Å². The fraction of sp³-hybridized carbons (Fsp3) is 1.00. The number of nitrogens with one attached hydrogen (secondary N) is 1. The number of rotatable bonds is 1. The highest BCUT2D eigenvalue weighted by Gasteiger charge is 2.47. The van der Waals surface area contributed by atoms with Crippen molar-refractivity contribution in [2.75, 3.05) is 13.1 Å². The summed E-state index contributed by atoms with van der Waals surface area (Å²) in [6, 6.07) is 0. The second-order valence-corrected chi connectivity index (χ2v) is 5.68. The van der Waals surface area contributed by atoms with E-state index in [1.165, 1.54) is 32.1 Å². The van der Waals surface area contributed by atoms with Crippen molar-refractivity contribution < 1.29 is 5.11 Å². The van der Waals surface area contributed by atoms with Gasteiger partial charge in [0.2, 0.25) is 0 Å². The fourth-order valence-corrected chi connectivity index (χ4v) is 3.70. The third kappa shape index (κ3) is 1.94. The molecule has 2 fully saturated rings. The first kappa shape index (κ1) is 11.4. The molecule has 3 atom stereocenters. The van der Waals surface area contributed by atoms with Gasteiger partial charge in [-0.3, -0.25) is 0 Å². The number of aliphatic hydroxyl groups is 1. The predicted octanol–water partition coefficient (Wildman–Crippen LogP) is 2.17. The van der Waals surface area contributed by atoms with Gasteiger partial charge in [-0.25, -0.2) is 0 Å². The monoisotopic (exact) mass is 211 g/mol. The van der Waals surface area contributed by atoms with E-state index in [2.05, 4.69) is 19.2 Å². The zero-order valence-electron chi connectivity index (χ0n) is 10.1. The Balaban J connectivity index is 2.12. The maximum atomic E-state index is 11.0. The maximum absolute atomic E-state index is 11.0. The second kappa shape index (κ2) is 4.42. The normalized spacial score (nSPS) is 44.2. The molecule has 1 saturated carbocycles. The molecule has 1 aliphatic carbocycles. The van der Waals surface area contributed by atoms with E-state index in [4.69, 9.17) is 0 Å². The molecule has 0 amide bonds. The Morgan fingerprint density at radius 1 is 1.00 bits per heavy atom. The van der Waals surface area contributed by atoms with Gasteiger partial charge in [-0.2, -0.15) is 0 Å². The first-order valence-corrected chi connectivity index (χ1v) is 6.58. The molecule has 0 aromatic heterocycles. The van der Waals surface area contributed by atoms with Gasteiger partial charge < -0.3 is 10.4 Å². The zero-order valence-corrected chi connectivity index (χ0v) is 10.1. The van der Waals surface area contributed by atoms with E-state index in [0.29, 0.717) is 17.8 Å². The van der Waals surface area contributed by atoms with Crippen LogP contribution in [0.1, 0.15) is 46.0 Å². The summed E-state index contributed by atoms with van der Waals surface area (Å²) in [7, 11) is 0. The van der Waals surface area contributed by atoms with Crippen molar-refractivity contribution in [1.82, 2.24) is 5.32 Å². The summed E-state index contributed by atoms with van der Waals surface area (Å²) < 4.78 is 0. The summed E-state index contributed by atoms with van der Waals surface area (Å²) in [6.45, 7) is 6.38. The van der Waals surface area contributed by atoms with Gasteiger partial charge in [-0.1, -0.05) is 33.1 Å². The van der Waals surface area contributed by atoms with E-state index in [1.807, 2.05) is 0 Å². The minimum atomic E-state index is -0.397. The lowest BCUT2D eigenvalue weighted by Crippen LogP contribution is -2.59. The molecule has 2 heteroatoms. The van der Waals surface area contributed by atoms with E-state index in [-0.39, 0.29) is 0 Å². The molecule has 2 aliphatic rings. The molecule has 1 heterocycles. The van der Waals surface area contributed by atoms with Gasteiger partial charge in [0.25, 0.3) is 0 Å². The molecule has 2 nitrogen and oxygen atoms in total. The highest BCUT2D eigenvalue weighted by atomic mass is 16.3. The van der Waals surface area contributed by atoms with Gasteiger partial charge in [0, 0.05) is 13.1 Å². The quantitative estimate of drug-likeness (QED) is 0.697. The van der Waals surface area contributed by atoms with Crippen molar-refractivity contribution >= 4 is 0 Å². The Hall–Kier alpha value is -0.0800. The number of piperidine rings is 1. The molecule has 0 spiro atoms. The summed E-state index contributed by atoms with van der Waals surface area (Å²) in [6.07, 6.45) is 6.49. The molecule has 0 bridgehead atoms. The van der Waals surface area contributed by atoms with Crippen LogP contribution in [0.2, 0.25) is 0 Å². The van der Waals surface area contributed by atoms with Crippen LogP contribution < -0.4 is 5.32 Å². The standard InChI is InChI=1S/C13H25NO/c1-10-8-14-9-11(2)13(10,15)12-6-4-3-5-7-12/h10-12,14-15H,3-9H2,1-2H3/t10-,11+,13+. The van der Waals surface area contributed by atoms with E-state index < -0.39 is 5.60 Å². The third-order valence-corrected chi connectivity index (χ3v) is 4.74. The predicted molar refractivity (Wildman–Crippen MR) is 62.7 cm³/mol. The molecule has 0 radical (unpaired) electrons. The molecule has 88 valence electrons. The van der Waals surface area contributed by atoms with Crippen LogP contribution >= 0.6 is 0 Å². The Labute approximate surface area is 93.5 Å². The summed E-state index contributed by atoms with van der Waals surface area (Å²) >= 11 is 0. The van der Waals surface area contributed by atoms with Crippen LogP contribution in [0.5, 0.6) is 0 Å². The van der Waals surface area contributed by atoms with Gasteiger partial charge >= 0.3 is 0 Å². The highest BCUT2D eigenvalue weighted by Crippen LogP contribution is 2.42. The van der Waals surface area contributed by atoms with E-state index in [9.17, 15) is 5.11 Å². The molecular formula is C13H25NO. The van der Waals surface area contributed by atoms with Crippen molar-refractivity contribution in [1.29, 1.82) is 0 Å². The number of hydrogen-bond donors (Lipinski definition) is 2. The minimum Gasteiger partial charge on any atom is -0.389 e. The fourth-order valence-electron chi connectivity index (χ4n) is 3.70. The third-order valence-electron chi connectivity index (χ3n) is 4.74. The zero-order chi connectivity index (χ0) is 10.9. The molecule has 0 unspecified atom stereocenters. The van der Waals surface area contributed by atoms with E-state index >= 15 is 0 Å². The molecule has 0 aromatic carbocycles. The molecule has 15 heavy (non-hydrogen) atoms. The highest BCUT2D eigenvalue weighted by molar-refractivity contribution is 4.99. The largest absolute Gasteiger partial charge is 0.389 e. The first-order chi connectivity index (χ1) is 7.15. The number of hydrogen-bond acceptors (Lipinski definition) is 2. The summed E-state index contributed by atoms with van der Waals surface area (Å²) in [4.78, 5) is 0. The molecule has 0 aromatic rings. The Bertz CT molecular complexity index is 201. The van der Waals surface area contributed by atoms with Crippen LogP contribution in [-0.4, -0.2) is 23.8 Å². The molecular weight excluding hydrogens is 186 g/mol. The Morgan fingerprint density at radius 3 is 2.07 bits per heavy atom. The summed E-state index contributed by atoms with van der Waals surface area (Å²) in [5.41, 5.74) is -0.397. The first-order valence-electron chi connectivity index (χ1n) is 6.58. The van der Waals surface area contributed by atoms with Crippen LogP contribution in [0, 0.1) is 17.8 Å². The second-order valence-electron chi connectivity index (χ2n) is 5.68. The SMILES string of the molecule is C[C@@H]1CNC[C@H](C)[C@]1(O)C1CCCCC1. The van der Waals surface area contributed by atoms with Crippen molar-refractivity contribution in [3.8, 4) is 0 Å². The van der Waals surface area contributed by atoms with Crippen molar-refractivity contribution in [2.45, 2.75) is 51.6 Å². The molecule has 2 N–H and O–H groups in total. The van der Waals surface area contributed by atoms with Gasteiger partial charge in [0.15, 0.2) is 0 Å². The van der Waals surface area contributed by atoms with E-state index in [1.54, 1.807) is 0 Å². The van der Waals surface area contributed by atoms with E-state index in [0.717, 1.165) is 13.1 Å². The average molecular weight is 211 g/mol. The Morgan fingerprint density at radius 2 is 1.53 bits per heavy atom. The van der Waals surface area contributed by atoms with Crippen molar-refractivity contribution in [3.05, 3.63) is 0 Å². The van der Waals surface area contributed by atoms with Crippen molar-refractivity contribution in [2.24, 2.45) is 17.8 Å². The topological polar surface area (TPSA) is 32.3 Å². The van der Waals surface area contributed by atoms with Crippen molar-refractivity contribution in [3.63, 3.8) is 0 Å². The van der Waals surface area contributed by atoms with Gasteiger partial charge in [0.05, 0.1) is 5.60 Å². The van der Waals surface area contributed by atoms with Crippen LogP contribution in [-0.2, 0) is 0 Å². The van der Waals surface area contributed by atoms with Crippen LogP contribution in [0.15, 0.2) is 0 Å². The summed E-state index contributed by atoms with van der Waals surface area (Å²) in [5.74, 6) is 1.37. The lowest BCUT2D eigenvalue weighted by atomic mass is 9.64. The van der Waals surface area contributed by atoms with Crippen LogP contribution in [0.3, 0.4) is 0 Å². The summed E-state index contributed by atoms with van der Waals surface area (Å²) in [5, 5.41) is 14.4. The molecule has 1 aliphatic heterocycles. The minimum absolute atomic E-state index is 0.397.